The van der Waals surface area contributed by atoms with Crippen LogP contribution in [0.3, 0.4) is 0 Å². The Hall–Kier alpha value is -0.405. The molecule has 0 atom stereocenters. The summed E-state index contributed by atoms with van der Waals surface area (Å²) >= 11 is 0. The molecule has 1 aromatic heterocycles. The number of benzene rings is 1. The Balaban J connectivity index is 0.000000980. The van der Waals surface area contributed by atoms with Crippen molar-refractivity contribution < 1.29 is 40.1 Å². The summed E-state index contributed by atoms with van der Waals surface area (Å²) in [4.78, 5) is 4.32. The fraction of sp³-hybridized carbons (Fsp3) is 0.0833. The summed E-state index contributed by atoms with van der Waals surface area (Å²) < 4.78 is 0. The van der Waals surface area contributed by atoms with Crippen molar-refractivity contribution in [3.8, 4) is 11.3 Å². The van der Waals surface area contributed by atoms with Gasteiger partial charge in [-0.2, -0.15) is 0 Å². The molecule has 2 aromatic rings. The van der Waals surface area contributed by atoms with Gasteiger partial charge in [-0.15, -0.1) is 0 Å². The van der Waals surface area contributed by atoms with Crippen LogP contribution in [0, 0.1) is 13.0 Å². The number of hydrogen-bond donors (Lipinski definition) is 0. The van der Waals surface area contributed by atoms with Crippen molar-refractivity contribution in [3.63, 3.8) is 0 Å². The molecular weight excluding hydrogens is 394 g/mol. The molecule has 0 aliphatic rings. The zero-order valence-corrected chi connectivity index (χ0v) is 14.8. The molecule has 15 heavy (non-hydrogen) atoms. The second-order valence-corrected chi connectivity index (χ2v) is 2.95. The van der Waals surface area contributed by atoms with Gasteiger partial charge in [0.25, 0.3) is 0 Å². The third-order valence-electron chi connectivity index (χ3n) is 1.97. The van der Waals surface area contributed by atoms with Crippen LogP contribution in [0.25, 0.3) is 11.3 Å². The van der Waals surface area contributed by atoms with E-state index in [2.05, 4.69) is 24.0 Å². The molecule has 0 bridgehead atoms. The van der Waals surface area contributed by atoms with Crippen molar-refractivity contribution in [2.24, 2.45) is 0 Å². The molecule has 0 aliphatic heterocycles. The van der Waals surface area contributed by atoms with Gasteiger partial charge in [0.05, 0.1) is 5.69 Å². The number of hydrogen-bond acceptors (Lipinski definition) is 1. The number of pyridine rings is 1. The molecular formula is C12H10ClHgN. The first-order chi connectivity index (χ1) is 6.38. The fourth-order valence-corrected chi connectivity index (χ4v) is 1.31. The Bertz CT molecular complexity index is 403. The molecule has 0 saturated carbocycles. The van der Waals surface area contributed by atoms with Crippen LogP contribution in [0.4, 0.5) is 0 Å². The van der Waals surface area contributed by atoms with Gasteiger partial charge in [0.15, 0.2) is 0 Å². The van der Waals surface area contributed by atoms with Gasteiger partial charge >= 0.3 is 27.7 Å². The van der Waals surface area contributed by atoms with E-state index in [4.69, 9.17) is 0 Å². The van der Waals surface area contributed by atoms with Crippen LogP contribution < -0.4 is 12.4 Å². The minimum atomic E-state index is 0. The maximum absolute atomic E-state index is 4.32. The third-order valence-corrected chi connectivity index (χ3v) is 1.97. The van der Waals surface area contributed by atoms with E-state index in [0.717, 1.165) is 11.3 Å². The fourth-order valence-electron chi connectivity index (χ4n) is 1.31. The predicted octanol–water partition coefficient (Wildman–Crippen LogP) is -0.141. The van der Waals surface area contributed by atoms with Crippen LogP contribution in [0.15, 0.2) is 42.6 Å². The molecule has 2 rings (SSSR count). The Labute approximate surface area is 117 Å². The molecule has 0 amide bonds. The maximum Gasteiger partial charge on any atom is 1.00 e. The van der Waals surface area contributed by atoms with Crippen LogP contribution in [0.2, 0.25) is 0 Å². The molecule has 72 valence electrons. The number of aromatic nitrogens is 1. The van der Waals surface area contributed by atoms with Gasteiger partial charge in [0.2, 0.25) is 0 Å². The molecule has 0 fully saturated rings. The average Bonchev–Trinajstić information content (AvgIpc) is 2.20. The summed E-state index contributed by atoms with van der Waals surface area (Å²) in [6, 6.07) is 15.1. The predicted molar refractivity (Wildman–Crippen MR) is 53.2 cm³/mol. The number of rotatable bonds is 1. The van der Waals surface area contributed by atoms with Crippen molar-refractivity contribution in [2.45, 2.75) is 6.92 Å². The topological polar surface area (TPSA) is 12.9 Å². The van der Waals surface area contributed by atoms with E-state index in [1.54, 1.807) is 0 Å². The van der Waals surface area contributed by atoms with Gasteiger partial charge < -0.3 is 12.4 Å². The Morgan fingerprint density at radius 1 is 1.13 bits per heavy atom. The van der Waals surface area contributed by atoms with Crippen molar-refractivity contribution in [2.75, 3.05) is 0 Å². The quantitative estimate of drug-likeness (QED) is 0.604. The van der Waals surface area contributed by atoms with Crippen LogP contribution in [0.5, 0.6) is 0 Å². The Morgan fingerprint density at radius 2 is 1.93 bits per heavy atom. The molecule has 0 spiro atoms. The molecule has 0 unspecified atom stereocenters. The minimum absolute atomic E-state index is 0. The summed E-state index contributed by atoms with van der Waals surface area (Å²) in [5, 5.41) is 0. The van der Waals surface area contributed by atoms with Crippen molar-refractivity contribution in [1.82, 2.24) is 4.98 Å². The zero-order valence-electron chi connectivity index (χ0n) is 8.57. The van der Waals surface area contributed by atoms with E-state index in [9.17, 15) is 0 Å². The van der Waals surface area contributed by atoms with Gasteiger partial charge in [-0.3, -0.25) is 4.98 Å². The molecule has 0 N–H and O–H groups in total. The summed E-state index contributed by atoms with van der Waals surface area (Å²) in [5.41, 5.74) is 3.26. The first-order valence-electron chi connectivity index (χ1n) is 4.26. The summed E-state index contributed by atoms with van der Waals surface area (Å²) in [6.07, 6.45) is 1.81. The van der Waals surface area contributed by atoms with Crippen molar-refractivity contribution in [3.05, 3.63) is 54.2 Å². The first-order valence-corrected chi connectivity index (χ1v) is 4.26. The van der Waals surface area contributed by atoms with E-state index in [1.807, 2.05) is 36.5 Å². The summed E-state index contributed by atoms with van der Waals surface area (Å²) in [6.45, 7) is 2.06. The van der Waals surface area contributed by atoms with Crippen molar-refractivity contribution >= 4 is 0 Å². The van der Waals surface area contributed by atoms with Gasteiger partial charge in [-0.25, -0.2) is 0 Å². The van der Waals surface area contributed by atoms with Crippen LogP contribution in [-0.2, 0) is 27.7 Å². The Kier molecular flexibility index (Phi) is 6.78. The maximum atomic E-state index is 4.32. The third kappa shape index (κ3) is 3.58. The van der Waals surface area contributed by atoms with Crippen LogP contribution in [-0.4, -0.2) is 4.98 Å². The van der Waals surface area contributed by atoms with E-state index in [0.29, 0.717) is 0 Å². The van der Waals surface area contributed by atoms with Crippen molar-refractivity contribution in [1.29, 1.82) is 0 Å². The van der Waals surface area contributed by atoms with E-state index < -0.39 is 0 Å². The summed E-state index contributed by atoms with van der Waals surface area (Å²) in [5.74, 6) is 0. The Morgan fingerprint density at radius 3 is 2.53 bits per heavy atom. The molecule has 3 heteroatoms. The van der Waals surface area contributed by atoms with E-state index in [1.165, 1.54) is 5.56 Å². The normalized spacial score (nSPS) is 8.60. The second kappa shape index (κ2) is 6.97. The van der Waals surface area contributed by atoms with Gasteiger partial charge in [-0.05, 0) is 24.6 Å². The van der Waals surface area contributed by atoms with Gasteiger partial charge in [-0.1, -0.05) is 30.3 Å². The largest absolute Gasteiger partial charge is 1.00 e. The molecule has 1 aromatic carbocycles. The standard InChI is InChI=1S/C12H10N.ClH.Hg/c1-10-6-5-9-13-12(10)11-7-3-2-4-8-11;;/h2-7,9H,1H3;1H;/q;;+1/p-1. The van der Waals surface area contributed by atoms with E-state index in [-0.39, 0.29) is 40.1 Å². The van der Waals surface area contributed by atoms with E-state index >= 15 is 0 Å². The monoisotopic (exact) mass is 405 g/mol. The molecule has 0 saturated heterocycles. The van der Waals surface area contributed by atoms with Gasteiger partial charge in [0, 0.05) is 11.8 Å². The number of halogens is 1. The number of nitrogens with zero attached hydrogens (tertiary/aromatic N) is 1. The van der Waals surface area contributed by atoms with Gasteiger partial charge in [0.1, 0.15) is 0 Å². The smallest absolute Gasteiger partial charge is 1.00 e. The van der Waals surface area contributed by atoms with Crippen LogP contribution in [0.1, 0.15) is 5.56 Å². The zero-order chi connectivity index (χ0) is 9.10. The second-order valence-electron chi connectivity index (χ2n) is 2.95. The molecule has 1 heterocycles. The SMILES string of the molecule is Cc1cccnc1-c1[c]cccc1.[Cl-].[Hg+]. The van der Waals surface area contributed by atoms with Crippen LogP contribution >= 0.6 is 0 Å². The molecule has 2 radical (unpaired) electrons. The minimum Gasteiger partial charge on any atom is -1.00 e. The molecule has 1 nitrogen and oxygen atoms in total. The molecule has 0 aliphatic carbocycles. The average molecular weight is 404 g/mol. The number of aryl methyl sites for hydroxylation is 1. The first kappa shape index (κ1) is 14.6. The summed E-state index contributed by atoms with van der Waals surface area (Å²) in [7, 11) is 0.